The van der Waals surface area contributed by atoms with Crippen LogP contribution in [0.4, 0.5) is 0 Å². The second kappa shape index (κ2) is 5.91. The molecule has 0 unspecified atom stereocenters. The van der Waals surface area contributed by atoms with Crippen molar-refractivity contribution in [1.82, 2.24) is 9.55 Å². The molecule has 0 aromatic carbocycles. The summed E-state index contributed by atoms with van der Waals surface area (Å²) in [7, 11) is 0. The zero-order chi connectivity index (χ0) is 14.0. The van der Waals surface area contributed by atoms with Gasteiger partial charge in [0.05, 0.1) is 12.7 Å². The van der Waals surface area contributed by atoms with Crippen LogP contribution < -0.4 is 11.2 Å². The van der Waals surface area contributed by atoms with E-state index in [4.69, 9.17) is 8.92 Å². The maximum Gasteiger partial charge on any atom is 0.330 e. The summed E-state index contributed by atoms with van der Waals surface area (Å²) in [6, 6.07) is 0. The standard InChI is InChI=1S/C11H16N2O5S/c1-6-4-13(11(16)12-10(6)15)9-3-7(14)8(18-9)5-17-19-2/h4,7-9,14H,3,5H2,1-2H3,(H,12,15,16)/t7-,8+,9+/m0/s1. The van der Waals surface area contributed by atoms with Gasteiger partial charge in [0.2, 0.25) is 0 Å². The van der Waals surface area contributed by atoms with Crippen LogP contribution in [0.5, 0.6) is 0 Å². The molecule has 2 heterocycles. The molecule has 2 N–H and O–H groups in total. The van der Waals surface area contributed by atoms with Crippen LogP contribution in [-0.4, -0.2) is 39.7 Å². The topological polar surface area (TPSA) is 93.5 Å². The summed E-state index contributed by atoms with van der Waals surface area (Å²) in [6.45, 7) is 1.85. The van der Waals surface area contributed by atoms with Gasteiger partial charge in [0.1, 0.15) is 12.3 Å². The minimum absolute atomic E-state index is 0.246. The number of aromatic nitrogens is 2. The maximum absolute atomic E-state index is 11.7. The van der Waals surface area contributed by atoms with E-state index in [1.807, 2.05) is 0 Å². The first-order chi connectivity index (χ1) is 9.02. The Morgan fingerprint density at radius 2 is 2.37 bits per heavy atom. The third-order valence-corrected chi connectivity index (χ3v) is 3.38. The van der Waals surface area contributed by atoms with Crippen LogP contribution in [0.15, 0.2) is 15.8 Å². The maximum atomic E-state index is 11.7. The Hall–Kier alpha value is -1.09. The SMILES string of the molecule is CSOC[C@H]1O[C@@H](n2cc(C)c(=O)[nH]c2=O)C[C@@H]1O. The molecule has 1 aliphatic rings. The lowest BCUT2D eigenvalue weighted by atomic mass is 10.2. The normalized spacial score (nSPS) is 26.8. The molecule has 0 amide bonds. The molecular formula is C11H16N2O5S. The Morgan fingerprint density at radius 1 is 1.63 bits per heavy atom. The van der Waals surface area contributed by atoms with E-state index in [1.165, 1.54) is 22.8 Å². The largest absolute Gasteiger partial charge is 0.390 e. The van der Waals surface area contributed by atoms with E-state index in [0.29, 0.717) is 5.56 Å². The van der Waals surface area contributed by atoms with Crippen molar-refractivity contribution < 1.29 is 14.0 Å². The summed E-state index contributed by atoms with van der Waals surface area (Å²) in [5, 5.41) is 9.86. The predicted molar refractivity (Wildman–Crippen MR) is 70.1 cm³/mol. The van der Waals surface area contributed by atoms with Crippen molar-refractivity contribution in [3.05, 3.63) is 32.6 Å². The molecule has 106 valence electrons. The fourth-order valence-corrected chi connectivity index (χ4v) is 2.24. The van der Waals surface area contributed by atoms with Gasteiger partial charge in [-0.15, -0.1) is 0 Å². The summed E-state index contributed by atoms with van der Waals surface area (Å²) in [6.07, 6.45) is 1.74. The molecular weight excluding hydrogens is 272 g/mol. The van der Waals surface area contributed by atoms with Crippen LogP contribution in [0.3, 0.4) is 0 Å². The van der Waals surface area contributed by atoms with Gasteiger partial charge in [-0.25, -0.2) is 4.79 Å². The predicted octanol–water partition coefficient (Wildman–Crippen LogP) is -0.212. The fourth-order valence-electron chi connectivity index (χ4n) is 1.97. The monoisotopic (exact) mass is 288 g/mol. The number of H-pyrrole nitrogens is 1. The highest BCUT2D eigenvalue weighted by Crippen LogP contribution is 2.28. The van der Waals surface area contributed by atoms with Crippen molar-refractivity contribution >= 4 is 12.0 Å². The zero-order valence-corrected chi connectivity index (χ0v) is 11.5. The van der Waals surface area contributed by atoms with Crippen LogP contribution in [0.2, 0.25) is 0 Å². The minimum Gasteiger partial charge on any atom is -0.390 e. The zero-order valence-electron chi connectivity index (χ0n) is 10.7. The first-order valence-electron chi connectivity index (χ1n) is 5.84. The summed E-state index contributed by atoms with van der Waals surface area (Å²) in [5.41, 5.74) is -0.539. The summed E-state index contributed by atoms with van der Waals surface area (Å²) >= 11 is 1.19. The molecule has 0 bridgehead atoms. The first-order valence-corrected chi connectivity index (χ1v) is 6.99. The van der Waals surface area contributed by atoms with E-state index < -0.39 is 29.7 Å². The number of ether oxygens (including phenoxy) is 1. The van der Waals surface area contributed by atoms with E-state index in [1.54, 1.807) is 13.2 Å². The second-order valence-corrected chi connectivity index (χ2v) is 4.93. The molecule has 0 spiro atoms. The van der Waals surface area contributed by atoms with Gasteiger partial charge in [0.25, 0.3) is 5.56 Å². The van der Waals surface area contributed by atoms with Crippen LogP contribution >= 0.6 is 12.0 Å². The number of hydrogen-bond donors (Lipinski definition) is 2. The van der Waals surface area contributed by atoms with E-state index in [9.17, 15) is 14.7 Å². The van der Waals surface area contributed by atoms with E-state index in [2.05, 4.69) is 4.98 Å². The Balaban J connectivity index is 2.18. The molecule has 19 heavy (non-hydrogen) atoms. The minimum atomic E-state index is -0.698. The molecule has 1 aromatic rings. The quantitative estimate of drug-likeness (QED) is 0.745. The van der Waals surface area contributed by atoms with Gasteiger partial charge in [-0.2, -0.15) is 0 Å². The van der Waals surface area contributed by atoms with Gasteiger partial charge in [0.15, 0.2) is 0 Å². The highest BCUT2D eigenvalue weighted by Gasteiger charge is 2.35. The van der Waals surface area contributed by atoms with Crippen molar-refractivity contribution in [2.75, 3.05) is 12.9 Å². The molecule has 3 atom stereocenters. The molecule has 1 fully saturated rings. The fraction of sp³-hybridized carbons (Fsp3) is 0.636. The summed E-state index contributed by atoms with van der Waals surface area (Å²) in [5.74, 6) is 0. The van der Waals surface area contributed by atoms with Crippen LogP contribution in [0.1, 0.15) is 18.2 Å². The number of rotatable bonds is 4. The lowest BCUT2D eigenvalue weighted by Crippen LogP contribution is -2.33. The van der Waals surface area contributed by atoms with E-state index in [-0.39, 0.29) is 13.0 Å². The number of hydrogen-bond acceptors (Lipinski definition) is 6. The van der Waals surface area contributed by atoms with Gasteiger partial charge >= 0.3 is 5.69 Å². The molecule has 0 radical (unpaired) electrons. The summed E-state index contributed by atoms with van der Waals surface area (Å²) < 4.78 is 12.0. The van der Waals surface area contributed by atoms with E-state index in [0.717, 1.165) is 0 Å². The van der Waals surface area contributed by atoms with Gasteiger partial charge in [0, 0.05) is 24.4 Å². The first kappa shape index (κ1) is 14.3. The third kappa shape index (κ3) is 3.08. The molecule has 2 rings (SSSR count). The molecule has 0 aliphatic carbocycles. The van der Waals surface area contributed by atoms with Crippen LogP contribution in [0, 0.1) is 6.92 Å². The van der Waals surface area contributed by atoms with Crippen molar-refractivity contribution in [1.29, 1.82) is 0 Å². The number of aliphatic hydroxyl groups excluding tert-OH is 1. The molecule has 0 saturated carbocycles. The van der Waals surface area contributed by atoms with Crippen molar-refractivity contribution in [3.63, 3.8) is 0 Å². The number of aromatic amines is 1. The van der Waals surface area contributed by atoms with Crippen LogP contribution in [-0.2, 0) is 8.92 Å². The van der Waals surface area contributed by atoms with Crippen molar-refractivity contribution in [2.24, 2.45) is 0 Å². The van der Waals surface area contributed by atoms with Gasteiger partial charge in [-0.1, -0.05) is 0 Å². The average Bonchev–Trinajstić information content (AvgIpc) is 2.72. The number of nitrogens with zero attached hydrogens (tertiary/aromatic N) is 1. The molecule has 1 saturated heterocycles. The Morgan fingerprint density at radius 3 is 3.05 bits per heavy atom. The summed E-state index contributed by atoms with van der Waals surface area (Å²) in [4.78, 5) is 25.2. The number of nitrogens with one attached hydrogen (secondary N) is 1. The lowest BCUT2D eigenvalue weighted by molar-refractivity contribution is -0.0380. The third-order valence-electron chi connectivity index (χ3n) is 3.01. The van der Waals surface area contributed by atoms with E-state index >= 15 is 0 Å². The van der Waals surface area contributed by atoms with Crippen molar-refractivity contribution in [3.8, 4) is 0 Å². The second-order valence-electron chi connectivity index (χ2n) is 4.36. The average molecular weight is 288 g/mol. The van der Waals surface area contributed by atoms with Crippen LogP contribution in [0.25, 0.3) is 0 Å². The smallest absolute Gasteiger partial charge is 0.330 e. The molecule has 7 nitrogen and oxygen atoms in total. The van der Waals surface area contributed by atoms with Gasteiger partial charge in [-0.05, 0) is 19.0 Å². The van der Waals surface area contributed by atoms with Gasteiger partial charge < -0.3 is 14.0 Å². The number of aliphatic hydroxyl groups is 1. The van der Waals surface area contributed by atoms with Crippen molar-refractivity contribution in [2.45, 2.75) is 31.8 Å². The lowest BCUT2D eigenvalue weighted by Gasteiger charge is -2.15. The Kier molecular flexibility index (Phi) is 4.46. The molecule has 1 aliphatic heterocycles. The molecule has 8 heteroatoms. The highest BCUT2D eigenvalue weighted by atomic mass is 32.2. The highest BCUT2D eigenvalue weighted by molar-refractivity contribution is 7.93. The van der Waals surface area contributed by atoms with Gasteiger partial charge in [-0.3, -0.25) is 14.3 Å². The Bertz CT molecular complexity index is 555. The molecule has 1 aromatic heterocycles. The Labute approximate surface area is 113 Å². The number of aryl methyl sites for hydroxylation is 1.